The Balaban J connectivity index is 2.17. The number of urea groups is 1. The summed E-state index contributed by atoms with van der Waals surface area (Å²) in [5.41, 5.74) is 4.25. The third-order valence-electron chi connectivity index (χ3n) is 3.39. The quantitative estimate of drug-likeness (QED) is 0.776. The van der Waals surface area contributed by atoms with Crippen LogP contribution in [-0.4, -0.2) is 32.5 Å². The molecule has 2 rings (SSSR count). The number of hydrogen-bond donors (Lipinski definition) is 2. The van der Waals surface area contributed by atoms with Gasteiger partial charge in [-0.05, 0) is 27.2 Å². The van der Waals surface area contributed by atoms with Crippen LogP contribution in [0.4, 0.5) is 4.79 Å². The molecule has 1 aliphatic rings. The summed E-state index contributed by atoms with van der Waals surface area (Å²) < 4.78 is 5.04. The van der Waals surface area contributed by atoms with Crippen molar-refractivity contribution < 1.29 is 14.1 Å². The number of nitrogens with zero attached hydrogens (tertiary/aromatic N) is 3. The van der Waals surface area contributed by atoms with Crippen LogP contribution in [0.15, 0.2) is 4.52 Å². The molecule has 1 aromatic rings. The molecule has 8 heteroatoms. The summed E-state index contributed by atoms with van der Waals surface area (Å²) in [6, 6.07) is -0.453. The van der Waals surface area contributed by atoms with Gasteiger partial charge in [0.15, 0.2) is 5.82 Å². The van der Waals surface area contributed by atoms with E-state index >= 15 is 0 Å². The smallest absolute Gasteiger partial charge is 0.325 e. The molecule has 8 nitrogen and oxygen atoms in total. The largest absolute Gasteiger partial charge is 0.337 e. The Morgan fingerprint density at radius 1 is 1.45 bits per heavy atom. The molecule has 2 heterocycles. The van der Waals surface area contributed by atoms with Crippen molar-refractivity contribution in [2.45, 2.75) is 51.7 Å². The Hall–Kier alpha value is -1.96. The maximum absolute atomic E-state index is 12.2. The van der Waals surface area contributed by atoms with Gasteiger partial charge in [-0.25, -0.2) is 4.79 Å². The number of amides is 3. The van der Waals surface area contributed by atoms with Gasteiger partial charge in [0.25, 0.3) is 5.91 Å². The van der Waals surface area contributed by atoms with Gasteiger partial charge in [-0.1, -0.05) is 12.1 Å². The van der Waals surface area contributed by atoms with Crippen LogP contribution in [0.3, 0.4) is 0 Å². The van der Waals surface area contributed by atoms with Gasteiger partial charge in [0.2, 0.25) is 5.89 Å². The monoisotopic (exact) mass is 281 g/mol. The Morgan fingerprint density at radius 3 is 2.55 bits per heavy atom. The first kappa shape index (κ1) is 14.4. The predicted octanol–water partition coefficient (Wildman–Crippen LogP) is 0.484. The van der Waals surface area contributed by atoms with Crippen molar-refractivity contribution in [3.05, 3.63) is 11.7 Å². The fourth-order valence-electron chi connectivity index (χ4n) is 1.85. The second-order valence-electron chi connectivity index (χ2n) is 5.74. The van der Waals surface area contributed by atoms with Crippen molar-refractivity contribution in [2.24, 2.45) is 5.73 Å². The molecule has 1 fully saturated rings. The molecule has 1 atom stereocenters. The van der Waals surface area contributed by atoms with E-state index in [0.29, 0.717) is 12.2 Å². The lowest BCUT2D eigenvalue weighted by molar-refractivity contribution is -0.131. The maximum atomic E-state index is 12.2. The van der Waals surface area contributed by atoms with Crippen molar-refractivity contribution in [2.75, 3.05) is 0 Å². The lowest BCUT2D eigenvalue weighted by atomic mass is 9.99. The molecular formula is C12H19N5O3. The summed E-state index contributed by atoms with van der Waals surface area (Å²) in [7, 11) is 0. The van der Waals surface area contributed by atoms with Crippen LogP contribution in [0.2, 0.25) is 0 Å². The second kappa shape index (κ2) is 4.55. The number of aromatic nitrogens is 2. The molecule has 0 aromatic carbocycles. The third kappa shape index (κ3) is 2.38. The van der Waals surface area contributed by atoms with Gasteiger partial charge >= 0.3 is 6.03 Å². The zero-order valence-electron chi connectivity index (χ0n) is 12.1. The van der Waals surface area contributed by atoms with Gasteiger partial charge in [0.1, 0.15) is 12.1 Å². The Bertz CT molecular complexity index is 548. The molecule has 1 aliphatic heterocycles. The van der Waals surface area contributed by atoms with E-state index in [9.17, 15) is 9.59 Å². The highest BCUT2D eigenvalue weighted by Gasteiger charge is 2.47. The number of nitrogens with one attached hydrogen (secondary N) is 1. The average molecular weight is 281 g/mol. The zero-order chi connectivity index (χ0) is 15.1. The Kier molecular flexibility index (Phi) is 3.29. The Morgan fingerprint density at radius 2 is 2.10 bits per heavy atom. The molecular weight excluding hydrogens is 262 g/mol. The van der Waals surface area contributed by atoms with Crippen molar-refractivity contribution in [3.63, 3.8) is 0 Å². The van der Waals surface area contributed by atoms with E-state index in [1.807, 2.05) is 6.92 Å². The van der Waals surface area contributed by atoms with E-state index in [4.69, 9.17) is 10.3 Å². The molecule has 3 N–H and O–H groups in total. The van der Waals surface area contributed by atoms with Crippen LogP contribution in [0.25, 0.3) is 0 Å². The summed E-state index contributed by atoms with van der Waals surface area (Å²) in [5, 5.41) is 6.42. The van der Waals surface area contributed by atoms with Crippen LogP contribution in [0.5, 0.6) is 0 Å². The molecule has 1 saturated heterocycles. The minimum Gasteiger partial charge on any atom is -0.337 e. The molecule has 1 aromatic heterocycles. The van der Waals surface area contributed by atoms with E-state index in [1.54, 1.807) is 20.8 Å². The summed E-state index contributed by atoms with van der Waals surface area (Å²) >= 11 is 0. The molecule has 110 valence electrons. The molecule has 0 aliphatic carbocycles. The second-order valence-corrected chi connectivity index (χ2v) is 5.74. The highest BCUT2D eigenvalue weighted by molar-refractivity contribution is 6.06. The van der Waals surface area contributed by atoms with Gasteiger partial charge in [-0.15, -0.1) is 0 Å². The van der Waals surface area contributed by atoms with Gasteiger partial charge < -0.3 is 15.6 Å². The maximum Gasteiger partial charge on any atom is 0.325 e. The number of imide groups is 1. The Labute approximate surface area is 116 Å². The van der Waals surface area contributed by atoms with Crippen LogP contribution >= 0.6 is 0 Å². The van der Waals surface area contributed by atoms with E-state index in [1.165, 1.54) is 0 Å². The minimum absolute atomic E-state index is 0.0522. The van der Waals surface area contributed by atoms with Crippen LogP contribution in [-0.2, 0) is 16.9 Å². The fraction of sp³-hybridized carbons (Fsp3) is 0.667. The molecule has 0 bridgehead atoms. The van der Waals surface area contributed by atoms with Crippen molar-refractivity contribution in [1.29, 1.82) is 0 Å². The normalized spacial score (nSPS) is 23.4. The van der Waals surface area contributed by atoms with E-state index < -0.39 is 17.1 Å². The van der Waals surface area contributed by atoms with Crippen LogP contribution < -0.4 is 11.1 Å². The van der Waals surface area contributed by atoms with Crippen molar-refractivity contribution >= 4 is 11.9 Å². The first-order valence-corrected chi connectivity index (χ1v) is 6.43. The topological polar surface area (TPSA) is 114 Å². The van der Waals surface area contributed by atoms with E-state index in [-0.39, 0.29) is 18.3 Å². The molecule has 3 amide bonds. The number of carbonyl (C=O) groups excluding carboxylic acids is 2. The molecule has 1 unspecified atom stereocenters. The van der Waals surface area contributed by atoms with Crippen molar-refractivity contribution in [1.82, 2.24) is 20.4 Å². The lowest BCUT2D eigenvalue weighted by Gasteiger charge is -2.18. The standard InChI is InChI=1S/C12H19N5O3/c1-5-12(4)9(18)17(10(19)15-12)6-7-14-8(16-20-7)11(2,3)13/h5-6,13H2,1-4H3,(H,15,19). The fourth-order valence-corrected chi connectivity index (χ4v) is 1.85. The van der Waals surface area contributed by atoms with Crippen molar-refractivity contribution in [3.8, 4) is 0 Å². The molecule has 0 radical (unpaired) electrons. The summed E-state index contributed by atoms with van der Waals surface area (Å²) in [6.45, 7) is 6.95. The first-order valence-electron chi connectivity index (χ1n) is 6.43. The predicted molar refractivity (Wildman–Crippen MR) is 69.3 cm³/mol. The molecule has 0 spiro atoms. The summed E-state index contributed by atoms with van der Waals surface area (Å²) in [5.74, 6) is 0.219. The average Bonchev–Trinajstić information content (AvgIpc) is 2.89. The molecule has 0 saturated carbocycles. The van der Waals surface area contributed by atoms with E-state index in [2.05, 4.69) is 15.5 Å². The van der Waals surface area contributed by atoms with Gasteiger partial charge in [0.05, 0.1) is 5.54 Å². The molecule has 20 heavy (non-hydrogen) atoms. The van der Waals surface area contributed by atoms with Crippen LogP contribution in [0.1, 0.15) is 45.8 Å². The summed E-state index contributed by atoms with van der Waals surface area (Å²) in [4.78, 5) is 29.2. The van der Waals surface area contributed by atoms with Gasteiger partial charge in [0, 0.05) is 0 Å². The third-order valence-corrected chi connectivity index (χ3v) is 3.39. The number of rotatable bonds is 4. The summed E-state index contributed by atoms with van der Waals surface area (Å²) in [6.07, 6.45) is 0.513. The SMILES string of the molecule is CCC1(C)NC(=O)N(Cc2nc(C(C)(C)N)no2)C1=O. The highest BCUT2D eigenvalue weighted by Crippen LogP contribution is 2.22. The number of nitrogens with two attached hydrogens (primary N) is 1. The van der Waals surface area contributed by atoms with Gasteiger partial charge in [-0.2, -0.15) is 4.98 Å². The minimum atomic E-state index is -0.868. The number of hydrogen-bond acceptors (Lipinski definition) is 6. The van der Waals surface area contributed by atoms with Gasteiger partial charge in [-0.3, -0.25) is 9.69 Å². The zero-order valence-corrected chi connectivity index (χ0v) is 12.1. The first-order chi connectivity index (χ1) is 9.17. The van der Waals surface area contributed by atoms with E-state index in [0.717, 1.165) is 4.90 Å². The highest BCUT2D eigenvalue weighted by atomic mass is 16.5. The lowest BCUT2D eigenvalue weighted by Crippen LogP contribution is -2.43. The van der Waals surface area contributed by atoms with Crippen LogP contribution in [0, 0.1) is 0 Å². The number of carbonyl (C=O) groups is 2.